The Morgan fingerprint density at radius 1 is 1.07 bits per heavy atom. The summed E-state index contributed by atoms with van der Waals surface area (Å²) in [4.78, 5) is 23.7. The second-order valence-corrected chi connectivity index (χ2v) is 7.28. The number of carbonyl (C=O) groups is 2. The van der Waals surface area contributed by atoms with Gasteiger partial charge in [0.05, 0.1) is 19.1 Å². The molecule has 2 aromatic rings. The van der Waals surface area contributed by atoms with Crippen molar-refractivity contribution in [2.45, 2.75) is 32.2 Å². The molecule has 0 radical (unpaired) electrons. The van der Waals surface area contributed by atoms with Crippen molar-refractivity contribution in [2.24, 2.45) is 0 Å². The Hall–Kier alpha value is -2.41. The first-order valence-corrected chi connectivity index (χ1v) is 9.91. The Morgan fingerprint density at radius 3 is 2.39 bits per heavy atom. The smallest absolute Gasteiger partial charge is 0.222 e. The molecule has 5 nitrogen and oxygen atoms in total. The van der Waals surface area contributed by atoms with Crippen LogP contribution in [0.2, 0.25) is 0 Å². The summed E-state index contributed by atoms with van der Waals surface area (Å²) in [6.45, 7) is 2.46. The Balaban J connectivity index is 1.69. The molecular formula is C21H24BrFN2O3. The standard InChI is InChI=1S/C21H24BrFN2O3/c1-15(26)25-20(16-4-6-17(22)7-5-16)14-21(27)24-12-2-3-13-28-19-10-8-18(23)9-11-19/h4-11,20H,2-3,12-14H2,1H3,(H,24,27)(H,25,26). The van der Waals surface area contributed by atoms with Gasteiger partial charge in [0.15, 0.2) is 0 Å². The average Bonchev–Trinajstić information content (AvgIpc) is 2.65. The number of hydrogen-bond donors (Lipinski definition) is 2. The van der Waals surface area contributed by atoms with Crippen LogP contribution in [0.25, 0.3) is 0 Å². The van der Waals surface area contributed by atoms with Gasteiger partial charge in [-0.15, -0.1) is 0 Å². The van der Waals surface area contributed by atoms with Crippen molar-refractivity contribution in [2.75, 3.05) is 13.2 Å². The summed E-state index contributed by atoms with van der Waals surface area (Å²) in [7, 11) is 0. The van der Waals surface area contributed by atoms with E-state index in [1.807, 2.05) is 24.3 Å². The number of ether oxygens (including phenoxy) is 1. The van der Waals surface area contributed by atoms with Gasteiger partial charge in [0.25, 0.3) is 0 Å². The molecule has 0 saturated heterocycles. The van der Waals surface area contributed by atoms with Crippen LogP contribution in [-0.4, -0.2) is 25.0 Å². The first kappa shape index (κ1) is 21.9. The summed E-state index contributed by atoms with van der Waals surface area (Å²) in [5.74, 6) is 0.0219. The third kappa shape index (κ3) is 8.08. The normalized spacial score (nSPS) is 11.5. The molecule has 0 spiro atoms. The van der Waals surface area contributed by atoms with E-state index in [4.69, 9.17) is 4.74 Å². The van der Waals surface area contributed by atoms with Crippen molar-refractivity contribution in [3.05, 3.63) is 64.4 Å². The van der Waals surface area contributed by atoms with Crippen molar-refractivity contribution in [1.82, 2.24) is 10.6 Å². The fourth-order valence-corrected chi connectivity index (χ4v) is 2.89. The van der Waals surface area contributed by atoms with Gasteiger partial charge in [0.1, 0.15) is 11.6 Å². The molecule has 1 atom stereocenters. The molecule has 0 heterocycles. The molecular weight excluding hydrogens is 427 g/mol. The molecule has 150 valence electrons. The number of benzene rings is 2. The van der Waals surface area contributed by atoms with E-state index in [-0.39, 0.29) is 30.1 Å². The molecule has 28 heavy (non-hydrogen) atoms. The number of hydrogen-bond acceptors (Lipinski definition) is 3. The molecule has 1 unspecified atom stereocenters. The van der Waals surface area contributed by atoms with Crippen LogP contribution in [0.15, 0.2) is 53.0 Å². The van der Waals surface area contributed by atoms with Gasteiger partial charge in [-0.1, -0.05) is 28.1 Å². The molecule has 0 aliphatic carbocycles. The molecule has 0 aromatic heterocycles. The third-order valence-corrected chi connectivity index (χ3v) is 4.54. The van der Waals surface area contributed by atoms with Gasteiger partial charge in [-0.25, -0.2) is 4.39 Å². The van der Waals surface area contributed by atoms with E-state index >= 15 is 0 Å². The SMILES string of the molecule is CC(=O)NC(CC(=O)NCCCCOc1ccc(F)cc1)c1ccc(Br)cc1. The lowest BCUT2D eigenvalue weighted by molar-refractivity contribution is -0.122. The van der Waals surface area contributed by atoms with Crippen molar-refractivity contribution >= 4 is 27.7 Å². The first-order chi connectivity index (χ1) is 13.4. The second-order valence-electron chi connectivity index (χ2n) is 6.37. The highest BCUT2D eigenvalue weighted by Crippen LogP contribution is 2.20. The Bertz CT molecular complexity index is 766. The van der Waals surface area contributed by atoms with Crippen LogP contribution in [0.4, 0.5) is 4.39 Å². The van der Waals surface area contributed by atoms with Gasteiger partial charge in [0, 0.05) is 17.9 Å². The van der Waals surface area contributed by atoms with Crippen molar-refractivity contribution < 1.29 is 18.7 Å². The maximum atomic E-state index is 12.8. The molecule has 7 heteroatoms. The average molecular weight is 451 g/mol. The van der Waals surface area contributed by atoms with Gasteiger partial charge in [-0.05, 0) is 54.8 Å². The number of carbonyl (C=O) groups excluding carboxylic acids is 2. The summed E-state index contributed by atoms with van der Waals surface area (Å²) in [6, 6.07) is 13.0. The molecule has 2 N–H and O–H groups in total. The van der Waals surface area contributed by atoms with E-state index in [0.29, 0.717) is 18.9 Å². The summed E-state index contributed by atoms with van der Waals surface area (Å²) in [6.07, 6.45) is 1.70. The Morgan fingerprint density at radius 2 is 1.75 bits per heavy atom. The number of unbranched alkanes of at least 4 members (excludes halogenated alkanes) is 1. The van der Waals surface area contributed by atoms with E-state index in [2.05, 4.69) is 26.6 Å². The molecule has 2 aromatic carbocycles. The van der Waals surface area contributed by atoms with E-state index in [9.17, 15) is 14.0 Å². The summed E-state index contributed by atoms with van der Waals surface area (Å²) in [5.41, 5.74) is 0.876. The summed E-state index contributed by atoms with van der Waals surface area (Å²) in [5, 5.41) is 5.69. The number of rotatable bonds is 10. The van der Waals surface area contributed by atoms with Gasteiger partial charge in [-0.2, -0.15) is 0 Å². The highest BCUT2D eigenvalue weighted by atomic mass is 79.9. The minimum Gasteiger partial charge on any atom is -0.494 e. The van der Waals surface area contributed by atoms with Crippen molar-refractivity contribution in [1.29, 1.82) is 0 Å². The number of nitrogens with one attached hydrogen (secondary N) is 2. The highest BCUT2D eigenvalue weighted by molar-refractivity contribution is 9.10. The maximum Gasteiger partial charge on any atom is 0.222 e. The van der Waals surface area contributed by atoms with E-state index in [0.717, 1.165) is 22.9 Å². The summed E-state index contributed by atoms with van der Waals surface area (Å²) < 4.78 is 19.3. The zero-order valence-electron chi connectivity index (χ0n) is 15.7. The lowest BCUT2D eigenvalue weighted by Crippen LogP contribution is -2.33. The van der Waals surface area contributed by atoms with Crippen LogP contribution in [0, 0.1) is 5.82 Å². The lowest BCUT2D eigenvalue weighted by Gasteiger charge is -2.18. The minimum absolute atomic E-state index is 0.124. The molecule has 2 rings (SSSR count). The fraction of sp³-hybridized carbons (Fsp3) is 0.333. The van der Waals surface area contributed by atoms with Gasteiger partial charge in [0.2, 0.25) is 11.8 Å². The topological polar surface area (TPSA) is 67.4 Å². The zero-order valence-corrected chi connectivity index (χ0v) is 17.3. The third-order valence-electron chi connectivity index (χ3n) is 4.02. The lowest BCUT2D eigenvalue weighted by atomic mass is 10.0. The Kier molecular flexibility index (Phi) is 8.94. The highest BCUT2D eigenvalue weighted by Gasteiger charge is 2.16. The second kappa shape index (κ2) is 11.4. The maximum absolute atomic E-state index is 12.8. The zero-order chi connectivity index (χ0) is 20.4. The van der Waals surface area contributed by atoms with Crippen molar-refractivity contribution in [3.63, 3.8) is 0 Å². The van der Waals surface area contributed by atoms with Gasteiger partial charge >= 0.3 is 0 Å². The van der Waals surface area contributed by atoms with Gasteiger partial charge < -0.3 is 15.4 Å². The van der Waals surface area contributed by atoms with Crippen LogP contribution in [-0.2, 0) is 9.59 Å². The van der Waals surface area contributed by atoms with Crippen LogP contribution >= 0.6 is 15.9 Å². The number of amides is 2. The summed E-state index contributed by atoms with van der Waals surface area (Å²) >= 11 is 3.38. The molecule has 2 amide bonds. The first-order valence-electron chi connectivity index (χ1n) is 9.11. The molecule has 0 aliphatic heterocycles. The quantitative estimate of drug-likeness (QED) is 0.534. The molecule has 0 fully saturated rings. The van der Waals surface area contributed by atoms with Crippen LogP contribution < -0.4 is 15.4 Å². The van der Waals surface area contributed by atoms with E-state index in [1.54, 1.807) is 12.1 Å². The Labute approximate surface area is 172 Å². The monoisotopic (exact) mass is 450 g/mol. The van der Waals surface area contributed by atoms with Crippen LogP contribution in [0.3, 0.4) is 0 Å². The fourth-order valence-electron chi connectivity index (χ4n) is 2.63. The van der Waals surface area contributed by atoms with E-state index in [1.165, 1.54) is 19.1 Å². The number of halogens is 2. The minimum atomic E-state index is -0.368. The van der Waals surface area contributed by atoms with Crippen LogP contribution in [0.5, 0.6) is 5.75 Å². The largest absolute Gasteiger partial charge is 0.494 e. The molecule has 0 bridgehead atoms. The van der Waals surface area contributed by atoms with E-state index < -0.39 is 0 Å². The van der Waals surface area contributed by atoms with Crippen molar-refractivity contribution in [3.8, 4) is 5.75 Å². The predicted octanol–water partition coefficient (Wildman–Crippen LogP) is 4.13. The van der Waals surface area contributed by atoms with Crippen LogP contribution in [0.1, 0.15) is 37.8 Å². The van der Waals surface area contributed by atoms with Gasteiger partial charge in [-0.3, -0.25) is 9.59 Å². The predicted molar refractivity (Wildman–Crippen MR) is 109 cm³/mol. The molecule has 0 saturated carbocycles. The molecule has 0 aliphatic rings.